The Bertz CT molecular complexity index is 634. The van der Waals surface area contributed by atoms with Crippen LogP contribution in [0.25, 0.3) is 11.0 Å². The van der Waals surface area contributed by atoms with Crippen molar-refractivity contribution in [2.75, 3.05) is 0 Å². The van der Waals surface area contributed by atoms with Gasteiger partial charge in [-0.05, 0) is 0 Å². The molecule has 0 unspecified atom stereocenters. The van der Waals surface area contributed by atoms with E-state index in [1.165, 1.54) is 51.8 Å². The van der Waals surface area contributed by atoms with Crippen molar-refractivity contribution in [2.45, 2.75) is 79.5 Å². The third-order valence-electron chi connectivity index (χ3n) is 5.24. The number of benzene rings is 1. The first-order chi connectivity index (χ1) is 11.6. The van der Waals surface area contributed by atoms with E-state index >= 15 is 4.39 Å². The van der Waals surface area contributed by atoms with E-state index in [0.717, 1.165) is 20.2 Å². The van der Waals surface area contributed by atoms with E-state index in [1.54, 1.807) is 6.07 Å². The van der Waals surface area contributed by atoms with Gasteiger partial charge in [-0.1, -0.05) is 0 Å². The van der Waals surface area contributed by atoms with Crippen molar-refractivity contribution in [3.63, 3.8) is 0 Å². The SMILES string of the molecule is CCC[CH2][Sn]([CH2]CCC)([CH2]CCC)[c]1c(F)cc(C)c2nonc12. The Hall–Kier alpha value is -0.651. The maximum absolute atomic E-state index is 15.2. The summed E-state index contributed by atoms with van der Waals surface area (Å²) >= 11 is -2.90. The molecule has 0 spiro atoms. The molecule has 0 radical (unpaired) electrons. The minimum absolute atomic E-state index is 0.0465. The summed E-state index contributed by atoms with van der Waals surface area (Å²) < 4.78 is 24.8. The van der Waals surface area contributed by atoms with E-state index in [0.29, 0.717) is 0 Å². The molecule has 24 heavy (non-hydrogen) atoms. The molecule has 0 aliphatic heterocycles. The average Bonchev–Trinajstić information content (AvgIpc) is 3.05. The normalized spacial score (nSPS) is 12.2. The fourth-order valence-corrected chi connectivity index (χ4v) is 20.5. The van der Waals surface area contributed by atoms with Crippen LogP contribution in [-0.2, 0) is 0 Å². The van der Waals surface area contributed by atoms with Crippen LogP contribution in [0.2, 0.25) is 13.3 Å². The zero-order chi connectivity index (χ0) is 17.6. The summed E-state index contributed by atoms with van der Waals surface area (Å²) in [4.78, 5) is 0. The third-order valence-corrected chi connectivity index (χ3v) is 20.8. The first-order valence-electron chi connectivity index (χ1n) is 9.51. The van der Waals surface area contributed by atoms with Gasteiger partial charge in [-0.15, -0.1) is 0 Å². The molecule has 0 saturated heterocycles. The number of unbranched alkanes of at least 4 members (excludes halogenated alkanes) is 3. The number of aryl methyl sites for hydroxylation is 1. The van der Waals surface area contributed by atoms with Gasteiger partial charge in [-0.25, -0.2) is 0 Å². The Morgan fingerprint density at radius 2 is 1.42 bits per heavy atom. The van der Waals surface area contributed by atoms with Gasteiger partial charge in [0.2, 0.25) is 0 Å². The van der Waals surface area contributed by atoms with E-state index in [-0.39, 0.29) is 5.82 Å². The molecule has 2 rings (SSSR count). The zero-order valence-corrected chi connectivity index (χ0v) is 18.5. The van der Waals surface area contributed by atoms with Gasteiger partial charge >= 0.3 is 149 Å². The number of fused-ring (bicyclic) bond motifs is 1. The van der Waals surface area contributed by atoms with Gasteiger partial charge in [-0.3, -0.25) is 0 Å². The Morgan fingerprint density at radius 3 is 1.92 bits per heavy atom. The van der Waals surface area contributed by atoms with Crippen molar-refractivity contribution < 1.29 is 9.02 Å². The van der Waals surface area contributed by atoms with Crippen LogP contribution >= 0.6 is 0 Å². The van der Waals surface area contributed by atoms with Gasteiger partial charge in [0.25, 0.3) is 0 Å². The Labute approximate surface area is 149 Å². The molecule has 0 N–H and O–H groups in total. The van der Waals surface area contributed by atoms with Gasteiger partial charge in [0.1, 0.15) is 0 Å². The maximum atomic E-state index is 15.2. The third kappa shape index (κ3) is 4.11. The number of nitrogens with zero attached hydrogens (tertiary/aromatic N) is 2. The van der Waals surface area contributed by atoms with Crippen LogP contribution in [0.15, 0.2) is 10.7 Å². The average molecular weight is 441 g/mol. The van der Waals surface area contributed by atoms with Gasteiger partial charge in [0.15, 0.2) is 0 Å². The molecule has 0 atom stereocenters. The summed E-state index contributed by atoms with van der Waals surface area (Å²) in [6.07, 6.45) is 7.11. The van der Waals surface area contributed by atoms with Gasteiger partial charge in [0.05, 0.1) is 0 Å². The number of hydrogen-bond acceptors (Lipinski definition) is 3. The van der Waals surface area contributed by atoms with E-state index in [1.807, 2.05) is 6.92 Å². The molecule has 1 aromatic carbocycles. The molecule has 0 bridgehead atoms. The predicted molar refractivity (Wildman–Crippen MR) is 101 cm³/mol. The summed E-state index contributed by atoms with van der Waals surface area (Å²) in [5.41, 5.74) is 2.32. The number of halogens is 1. The van der Waals surface area contributed by atoms with Gasteiger partial charge in [0, 0.05) is 0 Å². The van der Waals surface area contributed by atoms with Crippen LogP contribution in [0.5, 0.6) is 0 Å². The molecule has 5 heteroatoms. The first kappa shape index (κ1) is 19.7. The summed E-state index contributed by atoms with van der Waals surface area (Å²) in [6, 6.07) is 1.66. The molecule has 3 nitrogen and oxygen atoms in total. The fraction of sp³-hybridized carbons (Fsp3) is 0.684. The quantitative estimate of drug-likeness (QED) is 0.443. The molecule has 0 aliphatic rings. The van der Waals surface area contributed by atoms with Crippen molar-refractivity contribution in [1.82, 2.24) is 10.3 Å². The second kappa shape index (κ2) is 9.16. The monoisotopic (exact) mass is 442 g/mol. The van der Waals surface area contributed by atoms with Crippen molar-refractivity contribution >= 4 is 33.0 Å². The van der Waals surface area contributed by atoms with Crippen LogP contribution in [-0.4, -0.2) is 28.7 Å². The first-order valence-corrected chi connectivity index (χ1v) is 17.0. The molecule has 0 saturated carbocycles. The summed E-state index contributed by atoms with van der Waals surface area (Å²) in [5, 5.41) is 8.21. The van der Waals surface area contributed by atoms with E-state index < -0.39 is 18.4 Å². The molecular weight excluding hydrogens is 410 g/mol. The molecular formula is C19H31FN2OSn. The molecule has 0 fully saturated rings. The second-order valence-electron chi connectivity index (χ2n) is 7.10. The van der Waals surface area contributed by atoms with Crippen LogP contribution in [0.4, 0.5) is 4.39 Å². The molecule has 0 amide bonds. The molecule has 1 heterocycles. The molecule has 0 aliphatic carbocycles. The Kier molecular flexibility index (Phi) is 7.51. The Balaban J connectivity index is 2.61. The zero-order valence-electron chi connectivity index (χ0n) is 15.6. The number of hydrogen-bond donors (Lipinski definition) is 0. The Morgan fingerprint density at radius 1 is 0.917 bits per heavy atom. The van der Waals surface area contributed by atoms with Crippen molar-refractivity contribution in [2.24, 2.45) is 0 Å². The topological polar surface area (TPSA) is 38.9 Å². The van der Waals surface area contributed by atoms with Crippen molar-refractivity contribution in [3.8, 4) is 0 Å². The van der Waals surface area contributed by atoms with Gasteiger partial charge in [-0.2, -0.15) is 0 Å². The second-order valence-corrected chi connectivity index (χ2v) is 20.1. The predicted octanol–water partition coefficient (Wildman–Crippen LogP) is 5.73. The minimum atomic E-state index is -2.90. The van der Waals surface area contributed by atoms with Crippen LogP contribution in [0.3, 0.4) is 0 Å². The number of rotatable bonds is 10. The fourth-order valence-electron chi connectivity index (χ4n) is 3.86. The van der Waals surface area contributed by atoms with Crippen LogP contribution in [0.1, 0.15) is 64.9 Å². The van der Waals surface area contributed by atoms with Crippen molar-refractivity contribution in [1.29, 1.82) is 0 Å². The van der Waals surface area contributed by atoms with Crippen LogP contribution < -0.4 is 3.58 Å². The van der Waals surface area contributed by atoms with E-state index in [2.05, 4.69) is 31.1 Å². The summed E-state index contributed by atoms with van der Waals surface area (Å²) in [5.74, 6) is -0.0465. The molecule has 1 aromatic heterocycles. The molecule has 134 valence electrons. The van der Waals surface area contributed by atoms with E-state index in [4.69, 9.17) is 4.63 Å². The van der Waals surface area contributed by atoms with E-state index in [9.17, 15) is 0 Å². The number of aromatic nitrogens is 2. The summed E-state index contributed by atoms with van der Waals surface area (Å²) in [7, 11) is 0. The molecule has 2 aromatic rings. The standard InChI is InChI=1S/C7H4FN2O.3C4H9.Sn/c1-4-2-5(8)3-6-7(4)10-11-9-6;3*1-3-4-2;/h2H,1H3;3*1,3-4H2,2H3;. The summed E-state index contributed by atoms with van der Waals surface area (Å²) in [6.45, 7) is 8.58. The van der Waals surface area contributed by atoms with Crippen LogP contribution in [0, 0.1) is 12.7 Å². The van der Waals surface area contributed by atoms with Crippen molar-refractivity contribution in [3.05, 3.63) is 17.4 Å². The van der Waals surface area contributed by atoms with Gasteiger partial charge < -0.3 is 0 Å².